The SMILES string of the molecule is Cc1cccc(O[C@H](C)C(=O)OCC(=O)Nc2ccc(S(=O)(=O)N(C)C)cc2)c1. The van der Waals surface area contributed by atoms with Crippen LogP contribution < -0.4 is 10.1 Å². The molecule has 9 heteroatoms. The topological polar surface area (TPSA) is 102 Å². The molecule has 0 aromatic heterocycles. The van der Waals surface area contributed by atoms with Gasteiger partial charge in [-0.05, 0) is 55.8 Å². The maximum atomic E-state index is 12.0. The minimum absolute atomic E-state index is 0.106. The molecule has 2 aromatic carbocycles. The predicted octanol–water partition coefficient (Wildman–Crippen LogP) is 2.19. The molecule has 0 radical (unpaired) electrons. The maximum absolute atomic E-state index is 12.0. The number of rotatable bonds is 8. The average molecular weight is 420 g/mol. The van der Waals surface area contributed by atoms with Crippen LogP contribution in [0.4, 0.5) is 5.69 Å². The van der Waals surface area contributed by atoms with Crippen molar-refractivity contribution in [2.45, 2.75) is 24.8 Å². The van der Waals surface area contributed by atoms with Crippen molar-refractivity contribution in [3.63, 3.8) is 0 Å². The summed E-state index contributed by atoms with van der Waals surface area (Å²) in [6.07, 6.45) is -0.875. The summed E-state index contributed by atoms with van der Waals surface area (Å²) in [5.41, 5.74) is 1.37. The minimum atomic E-state index is -3.54. The van der Waals surface area contributed by atoms with Gasteiger partial charge in [0.25, 0.3) is 5.91 Å². The second kappa shape index (κ2) is 9.53. The Labute approximate surface area is 170 Å². The van der Waals surface area contributed by atoms with E-state index in [2.05, 4.69) is 5.32 Å². The summed E-state index contributed by atoms with van der Waals surface area (Å²) in [7, 11) is -0.677. The standard InChI is InChI=1S/C20H24N2O6S/c1-14-6-5-7-17(12-14)28-15(2)20(24)27-13-19(23)21-16-8-10-18(11-9-16)29(25,26)22(3)4/h5-12,15H,13H2,1-4H3,(H,21,23)/t15-/m1/s1. The van der Waals surface area contributed by atoms with Gasteiger partial charge in [0, 0.05) is 19.8 Å². The summed E-state index contributed by atoms with van der Waals surface area (Å²) in [6, 6.07) is 12.9. The Morgan fingerprint density at radius 1 is 1.10 bits per heavy atom. The average Bonchev–Trinajstić information content (AvgIpc) is 2.66. The number of amides is 1. The van der Waals surface area contributed by atoms with Gasteiger partial charge >= 0.3 is 5.97 Å². The summed E-state index contributed by atoms with van der Waals surface area (Å²) in [4.78, 5) is 24.1. The Morgan fingerprint density at radius 3 is 2.34 bits per heavy atom. The van der Waals surface area contributed by atoms with Gasteiger partial charge < -0.3 is 14.8 Å². The number of sulfonamides is 1. The number of hydrogen-bond donors (Lipinski definition) is 1. The summed E-state index contributed by atoms with van der Waals surface area (Å²) >= 11 is 0. The van der Waals surface area contributed by atoms with E-state index in [0.717, 1.165) is 9.87 Å². The first-order valence-electron chi connectivity index (χ1n) is 8.82. The monoisotopic (exact) mass is 420 g/mol. The van der Waals surface area contributed by atoms with Crippen LogP contribution in [0.1, 0.15) is 12.5 Å². The summed E-state index contributed by atoms with van der Waals surface area (Å²) in [6.45, 7) is 2.95. The van der Waals surface area contributed by atoms with Crippen LogP contribution in [0.5, 0.6) is 5.75 Å². The van der Waals surface area contributed by atoms with Gasteiger partial charge in [-0.25, -0.2) is 17.5 Å². The number of esters is 1. The molecule has 0 unspecified atom stereocenters. The molecule has 1 atom stereocenters. The van der Waals surface area contributed by atoms with Gasteiger partial charge in [-0.3, -0.25) is 4.79 Å². The van der Waals surface area contributed by atoms with Crippen LogP contribution in [-0.2, 0) is 24.3 Å². The number of benzene rings is 2. The van der Waals surface area contributed by atoms with Crippen LogP contribution in [-0.4, -0.2) is 51.4 Å². The fraction of sp³-hybridized carbons (Fsp3) is 0.300. The van der Waals surface area contributed by atoms with Crippen LogP contribution in [0.2, 0.25) is 0 Å². The van der Waals surface area contributed by atoms with Gasteiger partial charge in [0.1, 0.15) is 5.75 Å². The number of aryl methyl sites for hydroxylation is 1. The molecule has 0 aliphatic rings. The molecule has 0 bridgehead atoms. The van der Waals surface area contributed by atoms with E-state index in [1.54, 1.807) is 12.1 Å². The fourth-order valence-corrected chi connectivity index (χ4v) is 3.21. The summed E-state index contributed by atoms with van der Waals surface area (Å²) in [5.74, 6) is -0.690. The van der Waals surface area contributed by atoms with Crippen molar-refractivity contribution < 1.29 is 27.5 Å². The van der Waals surface area contributed by atoms with Crippen molar-refractivity contribution in [3.8, 4) is 5.75 Å². The molecule has 29 heavy (non-hydrogen) atoms. The molecule has 1 N–H and O–H groups in total. The lowest BCUT2D eigenvalue weighted by Gasteiger charge is -2.14. The number of carbonyl (C=O) groups excluding carboxylic acids is 2. The van der Waals surface area contributed by atoms with Gasteiger partial charge in [-0.15, -0.1) is 0 Å². The Morgan fingerprint density at radius 2 is 1.76 bits per heavy atom. The molecule has 2 aromatic rings. The third kappa shape index (κ3) is 6.30. The van der Waals surface area contributed by atoms with Gasteiger partial charge in [-0.1, -0.05) is 12.1 Å². The van der Waals surface area contributed by atoms with Crippen LogP contribution >= 0.6 is 0 Å². The van der Waals surface area contributed by atoms with Crippen LogP contribution in [0.3, 0.4) is 0 Å². The van der Waals surface area contributed by atoms with E-state index < -0.39 is 34.6 Å². The van der Waals surface area contributed by atoms with Crippen molar-refractivity contribution in [2.24, 2.45) is 0 Å². The number of ether oxygens (including phenoxy) is 2. The van der Waals surface area contributed by atoms with E-state index in [4.69, 9.17) is 9.47 Å². The molecule has 156 valence electrons. The van der Waals surface area contributed by atoms with Gasteiger partial charge in [-0.2, -0.15) is 0 Å². The normalized spacial score (nSPS) is 12.3. The van der Waals surface area contributed by atoms with Crippen LogP contribution in [0.25, 0.3) is 0 Å². The van der Waals surface area contributed by atoms with Crippen LogP contribution in [0, 0.1) is 6.92 Å². The molecule has 0 heterocycles. The second-order valence-corrected chi connectivity index (χ2v) is 8.70. The maximum Gasteiger partial charge on any atom is 0.347 e. The van der Waals surface area contributed by atoms with E-state index in [-0.39, 0.29) is 4.90 Å². The van der Waals surface area contributed by atoms with E-state index in [0.29, 0.717) is 11.4 Å². The van der Waals surface area contributed by atoms with Crippen molar-refractivity contribution >= 4 is 27.6 Å². The number of hydrogen-bond acceptors (Lipinski definition) is 6. The summed E-state index contributed by atoms with van der Waals surface area (Å²) < 4.78 is 35.6. The van der Waals surface area contributed by atoms with Crippen molar-refractivity contribution in [1.29, 1.82) is 0 Å². The highest BCUT2D eigenvalue weighted by molar-refractivity contribution is 7.89. The quantitative estimate of drug-likeness (QED) is 0.657. The Kier molecular flexibility index (Phi) is 7.35. The lowest BCUT2D eigenvalue weighted by molar-refractivity contribution is -0.153. The molecule has 0 aliphatic carbocycles. The molecular weight excluding hydrogens is 396 g/mol. The molecular formula is C20H24N2O6S. The highest BCUT2D eigenvalue weighted by atomic mass is 32.2. The van der Waals surface area contributed by atoms with Crippen molar-refractivity contribution in [1.82, 2.24) is 4.31 Å². The van der Waals surface area contributed by atoms with Crippen LogP contribution in [0.15, 0.2) is 53.4 Å². The van der Waals surface area contributed by atoms with E-state index in [9.17, 15) is 18.0 Å². The van der Waals surface area contributed by atoms with Gasteiger partial charge in [0.15, 0.2) is 12.7 Å². The smallest absolute Gasteiger partial charge is 0.347 e. The molecule has 8 nitrogen and oxygen atoms in total. The Hall–Kier alpha value is -2.91. The predicted molar refractivity (Wildman–Crippen MR) is 108 cm³/mol. The molecule has 0 aliphatic heterocycles. The number of anilines is 1. The molecule has 0 saturated carbocycles. The van der Waals surface area contributed by atoms with Gasteiger partial charge in [0.2, 0.25) is 10.0 Å². The van der Waals surface area contributed by atoms with E-state index in [1.807, 2.05) is 19.1 Å². The fourth-order valence-electron chi connectivity index (χ4n) is 2.31. The first kappa shape index (κ1) is 22.4. The van der Waals surface area contributed by atoms with Crippen molar-refractivity contribution in [3.05, 3.63) is 54.1 Å². The first-order valence-corrected chi connectivity index (χ1v) is 10.3. The molecule has 0 spiro atoms. The summed E-state index contributed by atoms with van der Waals surface area (Å²) in [5, 5.41) is 2.54. The highest BCUT2D eigenvalue weighted by Gasteiger charge is 2.19. The zero-order valence-corrected chi connectivity index (χ0v) is 17.5. The van der Waals surface area contributed by atoms with E-state index in [1.165, 1.54) is 45.3 Å². The molecule has 0 saturated heterocycles. The molecule has 2 rings (SSSR count). The Balaban J connectivity index is 1.85. The lowest BCUT2D eigenvalue weighted by Crippen LogP contribution is -2.29. The van der Waals surface area contributed by atoms with Gasteiger partial charge in [0.05, 0.1) is 4.90 Å². The number of carbonyl (C=O) groups is 2. The molecule has 0 fully saturated rings. The zero-order valence-electron chi connectivity index (χ0n) is 16.7. The number of nitrogens with one attached hydrogen (secondary N) is 1. The zero-order chi connectivity index (χ0) is 21.6. The largest absolute Gasteiger partial charge is 0.479 e. The number of nitrogens with zero attached hydrogens (tertiary/aromatic N) is 1. The first-order chi connectivity index (χ1) is 13.6. The molecule has 1 amide bonds. The van der Waals surface area contributed by atoms with Crippen molar-refractivity contribution in [2.75, 3.05) is 26.0 Å². The lowest BCUT2D eigenvalue weighted by atomic mass is 10.2. The highest BCUT2D eigenvalue weighted by Crippen LogP contribution is 2.17. The van der Waals surface area contributed by atoms with E-state index >= 15 is 0 Å². The minimum Gasteiger partial charge on any atom is -0.479 e. The second-order valence-electron chi connectivity index (χ2n) is 6.54. The Bertz CT molecular complexity index is 971. The third-order valence-corrected chi connectivity index (χ3v) is 5.73. The third-order valence-electron chi connectivity index (χ3n) is 3.90.